The molecule has 64 valence electrons. The maximum Gasteiger partial charge on any atom is 0.433 e. The van der Waals surface area contributed by atoms with Crippen molar-refractivity contribution in [2.24, 2.45) is 4.99 Å². The zero-order valence-electron chi connectivity index (χ0n) is 6.90. The molecule has 0 bridgehead atoms. The van der Waals surface area contributed by atoms with Crippen LogP contribution < -0.4 is 0 Å². The Bertz CT molecular complexity index is 148. The monoisotopic (exact) mass is 176 g/mol. The van der Waals surface area contributed by atoms with Crippen molar-refractivity contribution < 1.29 is 9.53 Å². The van der Waals surface area contributed by atoms with E-state index in [1.165, 1.54) is 24.4 Å². The van der Waals surface area contributed by atoms with Crippen molar-refractivity contribution in [2.45, 2.75) is 0 Å². The van der Waals surface area contributed by atoms with E-state index < -0.39 is 6.09 Å². The smallest absolute Gasteiger partial charge is 0.433 e. The highest BCUT2D eigenvalue weighted by Crippen LogP contribution is 1.95. The summed E-state index contributed by atoms with van der Waals surface area (Å²) in [5.74, 6) is 0.806. The van der Waals surface area contributed by atoms with Gasteiger partial charge in [0, 0.05) is 5.88 Å². The Hall–Kier alpha value is -0.550. The standard InChI is InChI=1S/C6H12N2O2S/c1-8(2)5-11-4-7-6(9)10-3/h4H,5H2,1-3H3. The summed E-state index contributed by atoms with van der Waals surface area (Å²) in [4.78, 5) is 15.9. The molecule has 0 unspecified atom stereocenters. The fraction of sp³-hybridized carbons (Fsp3) is 0.667. The zero-order chi connectivity index (χ0) is 8.69. The van der Waals surface area contributed by atoms with Crippen molar-refractivity contribution in [1.82, 2.24) is 4.90 Å². The third-order valence-corrected chi connectivity index (χ3v) is 1.66. The van der Waals surface area contributed by atoms with E-state index in [9.17, 15) is 4.79 Å². The number of rotatable bonds is 3. The first-order chi connectivity index (χ1) is 5.16. The molecule has 0 fully saturated rings. The van der Waals surface area contributed by atoms with Gasteiger partial charge in [0.05, 0.1) is 12.7 Å². The Morgan fingerprint density at radius 3 is 2.82 bits per heavy atom. The number of carbonyl (C=O) groups excluding carboxylic acids is 1. The second-order valence-corrected chi connectivity index (χ2v) is 2.88. The molecule has 0 aliphatic heterocycles. The van der Waals surface area contributed by atoms with Crippen LogP contribution in [0, 0.1) is 0 Å². The molecule has 11 heavy (non-hydrogen) atoms. The molecule has 0 atom stereocenters. The van der Waals surface area contributed by atoms with Crippen LogP contribution in [0.1, 0.15) is 0 Å². The maximum absolute atomic E-state index is 10.4. The molecule has 0 aliphatic rings. The Morgan fingerprint density at radius 2 is 2.36 bits per heavy atom. The quantitative estimate of drug-likeness (QED) is 0.366. The molecule has 0 aromatic carbocycles. The summed E-state index contributed by atoms with van der Waals surface area (Å²) in [6, 6.07) is 0. The minimum Gasteiger partial charge on any atom is -0.451 e. The third kappa shape index (κ3) is 7.35. The lowest BCUT2D eigenvalue weighted by Gasteiger charge is -2.04. The lowest BCUT2D eigenvalue weighted by Crippen LogP contribution is -2.09. The Labute approximate surface area is 70.6 Å². The first-order valence-electron chi connectivity index (χ1n) is 3.03. The van der Waals surface area contributed by atoms with Gasteiger partial charge in [-0.3, -0.25) is 4.90 Å². The number of thioether (sulfide) groups is 1. The van der Waals surface area contributed by atoms with Crippen LogP contribution in [0.5, 0.6) is 0 Å². The SMILES string of the molecule is COC(=O)N=CSCN(C)C. The second-order valence-electron chi connectivity index (χ2n) is 2.08. The minimum absolute atomic E-state index is 0.559. The van der Waals surface area contributed by atoms with E-state index in [0.29, 0.717) is 0 Å². The van der Waals surface area contributed by atoms with Gasteiger partial charge in [-0.25, -0.2) is 4.79 Å². The van der Waals surface area contributed by atoms with Gasteiger partial charge in [-0.15, -0.1) is 0 Å². The average molecular weight is 176 g/mol. The van der Waals surface area contributed by atoms with Gasteiger partial charge in [0.15, 0.2) is 0 Å². The van der Waals surface area contributed by atoms with Crippen LogP contribution in [0.15, 0.2) is 4.99 Å². The van der Waals surface area contributed by atoms with Crippen LogP contribution >= 0.6 is 11.8 Å². The first kappa shape index (κ1) is 10.4. The predicted octanol–water partition coefficient (Wildman–Crippen LogP) is 1.03. The molecular formula is C6H12N2O2S. The molecule has 0 aromatic rings. The fourth-order valence-electron chi connectivity index (χ4n) is 0.315. The summed E-state index contributed by atoms with van der Waals surface area (Å²) in [6.07, 6.45) is -0.559. The van der Waals surface area contributed by atoms with Crippen molar-refractivity contribution in [3.05, 3.63) is 0 Å². The summed E-state index contributed by atoms with van der Waals surface area (Å²) in [5, 5.41) is 0. The summed E-state index contributed by atoms with van der Waals surface area (Å²) in [6.45, 7) is 0. The highest BCUT2D eigenvalue weighted by molar-refractivity contribution is 8.12. The van der Waals surface area contributed by atoms with Crippen LogP contribution in [-0.4, -0.2) is 43.6 Å². The lowest BCUT2D eigenvalue weighted by molar-refractivity contribution is 0.183. The largest absolute Gasteiger partial charge is 0.451 e. The van der Waals surface area contributed by atoms with Gasteiger partial charge in [-0.1, -0.05) is 11.8 Å². The normalized spacial score (nSPS) is 10.9. The molecule has 0 saturated heterocycles. The summed E-state index contributed by atoms with van der Waals surface area (Å²) >= 11 is 1.44. The average Bonchev–Trinajstić information content (AvgIpc) is 1.97. The number of aliphatic imine (C=N–C) groups is 1. The van der Waals surface area contributed by atoms with Gasteiger partial charge in [0.2, 0.25) is 0 Å². The lowest BCUT2D eigenvalue weighted by atomic mass is 11.0. The van der Waals surface area contributed by atoms with Crippen molar-refractivity contribution in [3.8, 4) is 0 Å². The highest BCUT2D eigenvalue weighted by Gasteiger charge is 1.91. The van der Waals surface area contributed by atoms with Gasteiger partial charge < -0.3 is 4.74 Å². The van der Waals surface area contributed by atoms with E-state index in [4.69, 9.17) is 0 Å². The van der Waals surface area contributed by atoms with Crippen molar-refractivity contribution in [2.75, 3.05) is 27.1 Å². The minimum atomic E-state index is -0.559. The molecule has 0 heterocycles. The molecule has 0 N–H and O–H groups in total. The molecule has 0 saturated carbocycles. The molecule has 0 radical (unpaired) electrons. The van der Waals surface area contributed by atoms with Crippen LogP contribution in [0.2, 0.25) is 0 Å². The van der Waals surface area contributed by atoms with Gasteiger partial charge in [-0.05, 0) is 14.1 Å². The summed E-state index contributed by atoms with van der Waals surface area (Å²) in [5.41, 5.74) is 1.48. The topological polar surface area (TPSA) is 41.9 Å². The van der Waals surface area contributed by atoms with Gasteiger partial charge in [-0.2, -0.15) is 4.99 Å². The Kier molecular flexibility index (Phi) is 5.87. The van der Waals surface area contributed by atoms with Crippen molar-refractivity contribution in [3.63, 3.8) is 0 Å². The van der Waals surface area contributed by atoms with Crippen LogP contribution in [0.4, 0.5) is 4.79 Å². The number of hydrogen-bond donors (Lipinski definition) is 0. The molecule has 4 nitrogen and oxygen atoms in total. The van der Waals surface area contributed by atoms with E-state index in [0.717, 1.165) is 5.88 Å². The first-order valence-corrected chi connectivity index (χ1v) is 4.08. The van der Waals surface area contributed by atoms with Crippen molar-refractivity contribution in [1.29, 1.82) is 0 Å². The van der Waals surface area contributed by atoms with Gasteiger partial charge >= 0.3 is 6.09 Å². The summed E-state index contributed by atoms with van der Waals surface area (Å²) < 4.78 is 4.29. The van der Waals surface area contributed by atoms with E-state index in [-0.39, 0.29) is 0 Å². The highest BCUT2D eigenvalue weighted by atomic mass is 32.2. The van der Waals surface area contributed by atoms with Gasteiger partial charge in [0.25, 0.3) is 0 Å². The Balaban J connectivity index is 3.37. The molecule has 0 aliphatic carbocycles. The summed E-state index contributed by atoms with van der Waals surface area (Å²) in [7, 11) is 5.19. The van der Waals surface area contributed by atoms with Gasteiger partial charge in [0.1, 0.15) is 0 Å². The fourth-order valence-corrected chi connectivity index (χ4v) is 0.841. The molecular weight excluding hydrogens is 164 g/mol. The maximum atomic E-state index is 10.4. The van der Waals surface area contributed by atoms with E-state index in [2.05, 4.69) is 9.73 Å². The molecule has 1 amide bonds. The molecule has 0 spiro atoms. The number of methoxy groups -OCH3 is 1. The molecule has 5 heteroatoms. The number of nitrogens with zero attached hydrogens (tertiary/aromatic N) is 2. The third-order valence-electron chi connectivity index (χ3n) is 0.740. The zero-order valence-corrected chi connectivity index (χ0v) is 7.72. The number of amides is 1. The molecule has 0 aromatic heterocycles. The van der Waals surface area contributed by atoms with Crippen molar-refractivity contribution >= 4 is 23.4 Å². The van der Waals surface area contributed by atoms with Crippen LogP contribution in [0.3, 0.4) is 0 Å². The van der Waals surface area contributed by atoms with E-state index >= 15 is 0 Å². The van der Waals surface area contributed by atoms with E-state index in [1.54, 1.807) is 0 Å². The van der Waals surface area contributed by atoms with Crippen LogP contribution in [-0.2, 0) is 4.74 Å². The second kappa shape index (κ2) is 6.18. The van der Waals surface area contributed by atoms with E-state index in [1.807, 2.05) is 19.0 Å². The molecule has 0 rings (SSSR count). The van der Waals surface area contributed by atoms with Crippen LogP contribution in [0.25, 0.3) is 0 Å². The number of carbonyl (C=O) groups is 1. The number of hydrogen-bond acceptors (Lipinski definition) is 4. The Morgan fingerprint density at radius 1 is 1.73 bits per heavy atom. The predicted molar refractivity (Wildman–Crippen MR) is 47.0 cm³/mol. The number of ether oxygens (including phenoxy) is 1.